The maximum Gasteiger partial charge on any atom is 0.287 e. The van der Waals surface area contributed by atoms with Gasteiger partial charge in [-0.2, -0.15) is 0 Å². The van der Waals surface area contributed by atoms with Gasteiger partial charge in [0, 0.05) is 21.4 Å². The molecule has 3 aromatic rings. The second-order valence-corrected chi connectivity index (χ2v) is 7.75. The largest absolute Gasteiger partial charge is 0.394 e. The first kappa shape index (κ1) is 20.4. The summed E-state index contributed by atoms with van der Waals surface area (Å²) in [4.78, 5) is 33.3. The summed E-state index contributed by atoms with van der Waals surface area (Å²) < 4.78 is 15.5. The molecule has 0 atom stereocenters. The molecule has 0 aliphatic rings. The van der Waals surface area contributed by atoms with Crippen LogP contribution in [0.1, 0.15) is 20.0 Å². The molecule has 0 bridgehead atoms. The maximum absolute atomic E-state index is 14.3. The van der Waals surface area contributed by atoms with Crippen molar-refractivity contribution in [2.45, 2.75) is 0 Å². The number of nitrogens with one attached hydrogen (secondary N) is 2. The van der Waals surface area contributed by atoms with Gasteiger partial charge in [-0.1, -0.05) is 0 Å². The van der Waals surface area contributed by atoms with Crippen LogP contribution in [0.4, 0.5) is 15.8 Å². The quantitative estimate of drug-likeness (QED) is 0.217. The highest BCUT2D eigenvalue weighted by atomic mass is 127. The number of halogens is 2. The van der Waals surface area contributed by atoms with Gasteiger partial charge in [-0.05, 0) is 40.8 Å². The number of carbonyl (C=O) groups is 2. The van der Waals surface area contributed by atoms with Crippen molar-refractivity contribution in [2.75, 3.05) is 18.5 Å². The van der Waals surface area contributed by atoms with E-state index in [1.165, 1.54) is 24.5 Å². The molecule has 5 N–H and O–H groups in total. The molecule has 0 spiro atoms. The van der Waals surface area contributed by atoms with Gasteiger partial charge in [0.15, 0.2) is 0 Å². The summed E-state index contributed by atoms with van der Waals surface area (Å²) in [5.74, 6) is -1.83. The standard InChI is InChI=1S/C17H14FIN4O4S/c18-11-5-8(19)1-2-12(11)22-13-9-6-21-7-10(16(20)25)14(9)28-15(13)17(26)23-27-4-3-24/h1-2,5-7,22,24H,3-4H2,(H2,20,25)(H,23,26). The summed E-state index contributed by atoms with van der Waals surface area (Å²) >= 11 is 2.98. The van der Waals surface area contributed by atoms with Crippen LogP contribution in [0.5, 0.6) is 0 Å². The first-order valence-corrected chi connectivity index (χ1v) is 9.77. The van der Waals surface area contributed by atoms with E-state index in [9.17, 15) is 14.0 Å². The topological polar surface area (TPSA) is 127 Å². The number of nitrogens with zero attached hydrogens (tertiary/aromatic N) is 1. The molecule has 0 saturated carbocycles. The first-order chi connectivity index (χ1) is 13.4. The molecule has 0 radical (unpaired) electrons. The molecule has 8 nitrogen and oxygen atoms in total. The number of primary amides is 1. The molecule has 0 aliphatic carbocycles. The number of carbonyl (C=O) groups excluding carboxylic acids is 2. The second-order valence-electron chi connectivity index (χ2n) is 5.49. The molecular formula is C17H14FIN4O4S. The third-order valence-electron chi connectivity index (χ3n) is 3.62. The van der Waals surface area contributed by atoms with Crippen LogP contribution in [0.3, 0.4) is 0 Å². The van der Waals surface area contributed by atoms with E-state index in [1.54, 1.807) is 6.07 Å². The molecule has 2 heterocycles. The lowest BCUT2D eigenvalue weighted by Crippen LogP contribution is -2.25. The molecule has 0 fully saturated rings. The molecule has 0 aliphatic heterocycles. The zero-order valence-corrected chi connectivity index (χ0v) is 17.1. The summed E-state index contributed by atoms with van der Waals surface area (Å²) in [6.45, 7) is -0.374. The summed E-state index contributed by atoms with van der Waals surface area (Å²) in [7, 11) is 0. The Labute approximate surface area is 176 Å². The van der Waals surface area contributed by atoms with E-state index in [-0.39, 0.29) is 35.0 Å². The Kier molecular flexibility index (Phi) is 6.39. The predicted molar refractivity (Wildman–Crippen MR) is 111 cm³/mol. The SMILES string of the molecule is NC(=O)c1cncc2c(Nc3ccc(I)cc3F)c(C(=O)NOCCO)sc12. The molecule has 11 heteroatoms. The number of aromatic nitrogens is 1. The predicted octanol–water partition coefficient (Wildman–Crippen LogP) is 2.54. The van der Waals surface area contributed by atoms with Gasteiger partial charge in [-0.15, -0.1) is 11.3 Å². The van der Waals surface area contributed by atoms with Crippen molar-refractivity contribution in [1.82, 2.24) is 10.5 Å². The van der Waals surface area contributed by atoms with Gasteiger partial charge in [0.25, 0.3) is 11.8 Å². The van der Waals surface area contributed by atoms with Gasteiger partial charge in [-0.3, -0.25) is 19.4 Å². The van der Waals surface area contributed by atoms with Crippen molar-refractivity contribution in [2.24, 2.45) is 5.73 Å². The van der Waals surface area contributed by atoms with Gasteiger partial charge in [0.2, 0.25) is 0 Å². The number of hydrogen-bond acceptors (Lipinski definition) is 7. The van der Waals surface area contributed by atoms with Crippen molar-refractivity contribution < 1.29 is 23.9 Å². The molecule has 3 rings (SSSR count). The molecule has 0 saturated heterocycles. The molecule has 0 unspecified atom stereocenters. The lowest BCUT2D eigenvalue weighted by Gasteiger charge is -2.10. The van der Waals surface area contributed by atoms with Gasteiger partial charge in [-0.25, -0.2) is 9.87 Å². The van der Waals surface area contributed by atoms with E-state index in [0.717, 1.165) is 11.3 Å². The molecule has 2 amide bonds. The van der Waals surface area contributed by atoms with Crippen LogP contribution >= 0.6 is 33.9 Å². The minimum absolute atomic E-state index is 0.0980. The summed E-state index contributed by atoms with van der Waals surface area (Å²) in [6.07, 6.45) is 2.76. The monoisotopic (exact) mass is 516 g/mol. The number of pyridine rings is 1. The highest BCUT2D eigenvalue weighted by Gasteiger charge is 2.23. The zero-order valence-electron chi connectivity index (χ0n) is 14.2. The van der Waals surface area contributed by atoms with Crippen LogP contribution in [0.2, 0.25) is 0 Å². The number of hydroxylamine groups is 1. The van der Waals surface area contributed by atoms with Crippen molar-refractivity contribution in [3.63, 3.8) is 0 Å². The molecule has 28 heavy (non-hydrogen) atoms. The lowest BCUT2D eigenvalue weighted by atomic mass is 10.2. The van der Waals surface area contributed by atoms with Crippen molar-refractivity contribution in [3.8, 4) is 0 Å². The normalized spacial score (nSPS) is 10.8. The maximum atomic E-state index is 14.3. The third-order valence-corrected chi connectivity index (χ3v) is 5.53. The van der Waals surface area contributed by atoms with Gasteiger partial charge < -0.3 is 16.2 Å². The summed E-state index contributed by atoms with van der Waals surface area (Å²) in [5, 5.41) is 12.1. The number of hydrogen-bond donors (Lipinski definition) is 4. The number of thiophene rings is 1. The van der Waals surface area contributed by atoms with Crippen LogP contribution < -0.4 is 16.5 Å². The van der Waals surface area contributed by atoms with Crippen LogP contribution in [0, 0.1) is 9.39 Å². The Morgan fingerprint density at radius 2 is 2.14 bits per heavy atom. The smallest absolute Gasteiger partial charge is 0.287 e. The molecular weight excluding hydrogens is 502 g/mol. The average Bonchev–Trinajstić information content (AvgIpc) is 3.02. The number of aliphatic hydroxyl groups excluding tert-OH is 1. The van der Waals surface area contributed by atoms with Gasteiger partial charge >= 0.3 is 0 Å². The number of benzene rings is 1. The Morgan fingerprint density at radius 3 is 2.82 bits per heavy atom. The highest BCUT2D eigenvalue weighted by molar-refractivity contribution is 14.1. The Bertz CT molecular complexity index is 1060. The zero-order chi connectivity index (χ0) is 20.3. The lowest BCUT2D eigenvalue weighted by molar-refractivity contribution is 0.0172. The third kappa shape index (κ3) is 4.22. The second kappa shape index (κ2) is 8.77. The number of aliphatic hydroxyl groups is 1. The van der Waals surface area contributed by atoms with Crippen molar-refractivity contribution >= 4 is 67.2 Å². The minimum Gasteiger partial charge on any atom is -0.394 e. The van der Waals surface area contributed by atoms with Crippen LogP contribution in [0.25, 0.3) is 10.1 Å². The van der Waals surface area contributed by atoms with Gasteiger partial charge in [0.05, 0.1) is 34.9 Å². The Hall–Kier alpha value is -2.35. The van der Waals surface area contributed by atoms with E-state index in [2.05, 4.69) is 15.8 Å². The fourth-order valence-corrected chi connectivity index (χ4v) is 3.99. The minimum atomic E-state index is -0.699. The summed E-state index contributed by atoms with van der Waals surface area (Å²) in [5.41, 5.74) is 8.15. The van der Waals surface area contributed by atoms with E-state index in [0.29, 0.717) is 13.7 Å². The molecule has 146 valence electrons. The number of rotatable bonds is 7. The first-order valence-electron chi connectivity index (χ1n) is 7.87. The number of anilines is 2. The van der Waals surface area contributed by atoms with E-state index >= 15 is 0 Å². The van der Waals surface area contributed by atoms with E-state index < -0.39 is 17.6 Å². The molecule has 2 aromatic heterocycles. The Morgan fingerprint density at radius 1 is 1.36 bits per heavy atom. The van der Waals surface area contributed by atoms with Crippen molar-refractivity contribution in [3.05, 3.63) is 50.4 Å². The highest BCUT2D eigenvalue weighted by Crippen LogP contribution is 2.39. The van der Waals surface area contributed by atoms with Crippen LogP contribution in [0.15, 0.2) is 30.6 Å². The number of nitrogens with two attached hydrogens (primary N) is 1. The number of fused-ring (bicyclic) bond motifs is 1. The van der Waals surface area contributed by atoms with Gasteiger partial charge in [0.1, 0.15) is 10.7 Å². The van der Waals surface area contributed by atoms with E-state index in [1.807, 2.05) is 22.6 Å². The van der Waals surface area contributed by atoms with Crippen LogP contribution in [-0.2, 0) is 4.84 Å². The van der Waals surface area contributed by atoms with Crippen LogP contribution in [-0.4, -0.2) is 35.1 Å². The average molecular weight is 516 g/mol. The Balaban J connectivity index is 2.11. The fraction of sp³-hybridized carbons (Fsp3) is 0.118. The van der Waals surface area contributed by atoms with E-state index in [4.69, 9.17) is 15.7 Å². The number of amides is 2. The fourth-order valence-electron chi connectivity index (χ4n) is 2.41. The summed E-state index contributed by atoms with van der Waals surface area (Å²) in [6, 6.07) is 4.59. The van der Waals surface area contributed by atoms with Crippen molar-refractivity contribution in [1.29, 1.82) is 0 Å². The molecule has 1 aromatic carbocycles.